The van der Waals surface area contributed by atoms with Gasteiger partial charge in [0.25, 0.3) is 0 Å². The molecular weight excluding hydrogens is 312 g/mol. The van der Waals surface area contributed by atoms with Crippen LogP contribution in [0.1, 0.15) is 13.3 Å². The van der Waals surface area contributed by atoms with Crippen LogP contribution in [0, 0.1) is 0 Å². The number of alkyl halides is 7. The zero-order chi connectivity index (χ0) is 15.6. The van der Waals surface area contributed by atoms with E-state index in [4.69, 9.17) is 9.79 Å². The molecule has 0 saturated carbocycles. The standard InChI is InChI=1S/C7H10F7O4P/c1-3(18-19(15,16)17)2-4(8)6(11,12)7(13,14)5(9)10/h3-5H,2H2,1H3,(H2,15,16,17). The van der Waals surface area contributed by atoms with Crippen LogP contribution in [-0.2, 0) is 9.09 Å². The molecule has 0 spiro atoms. The fraction of sp³-hybridized carbons (Fsp3) is 1.00. The Morgan fingerprint density at radius 3 is 1.84 bits per heavy atom. The number of rotatable bonds is 7. The van der Waals surface area contributed by atoms with Gasteiger partial charge in [-0.05, 0) is 6.92 Å². The second-order valence-corrected chi connectivity index (χ2v) is 4.85. The van der Waals surface area contributed by atoms with E-state index in [1.54, 1.807) is 0 Å². The van der Waals surface area contributed by atoms with E-state index in [2.05, 4.69) is 4.52 Å². The summed E-state index contributed by atoms with van der Waals surface area (Å²) in [4.78, 5) is 16.5. The molecule has 0 saturated heterocycles. The Morgan fingerprint density at radius 1 is 1.11 bits per heavy atom. The van der Waals surface area contributed by atoms with Gasteiger partial charge >= 0.3 is 26.1 Å². The van der Waals surface area contributed by atoms with Gasteiger partial charge in [-0.15, -0.1) is 0 Å². The highest BCUT2D eigenvalue weighted by Gasteiger charge is 2.67. The molecule has 0 aliphatic rings. The average molecular weight is 322 g/mol. The lowest BCUT2D eigenvalue weighted by Crippen LogP contribution is -2.53. The van der Waals surface area contributed by atoms with Crippen molar-refractivity contribution in [3.63, 3.8) is 0 Å². The minimum atomic E-state index is -5.91. The van der Waals surface area contributed by atoms with Gasteiger partial charge in [0.05, 0.1) is 6.10 Å². The first kappa shape index (κ1) is 18.6. The van der Waals surface area contributed by atoms with E-state index < -0.39 is 44.8 Å². The van der Waals surface area contributed by atoms with Crippen LogP contribution in [0.4, 0.5) is 30.7 Å². The molecule has 0 aromatic rings. The van der Waals surface area contributed by atoms with E-state index in [9.17, 15) is 35.3 Å². The molecule has 4 nitrogen and oxygen atoms in total. The zero-order valence-electron chi connectivity index (χ0n) is 9.24. The highest BCUT2D eigenvalue weighted by molar-refractivity contribution is 7.46. The molecule has 2 atom stereocenters. The first-order valence-electron chi connectivity index (χ1n) is 4.63. The smallest absolute Gasteiger partial charge is 0.303 e. The summed E-state index contributed by atoms with van der Waals surface area (Å²) in [5.41, 5.74) is 0. The maximum absolute atomic E-state index is 13.0. The molecule has 0 heterocycles. The van der Waals surface area contributed by atoms with E-state index in [-0.39, 0.29) is 0 Å². The molecule has 116 valence electrons. The SMILES string of the molecule is CC(CC(F)C(F)(F)C(F)(F)C(F)F)OP(=O)(O)O. The van der Waals surface area contributed by atoms with Crippen molar-refractivity contribution < 1.29 is 49.6 Å². The van der Waals surface area contributed by atoms with Crippen LogP contribution in [0.25, 0.3) is 0 Å². The predicted octanol–water partition coefficient (Wildman–Crippen LogP) is 2.75. The van der Waals surface area contributed by atoms with Gasteiger partial charge in [-0.3, -0.25) is 4.52 Å². The Kier molecular flexibility index (Phi) is 5.82. The van der Waals surface area contributed by atoms with Crippen molar-refractivity contribution in [1.82, 2.24) is 0 Å². The molecule has 0 amide bonds. The number of phosphoric acid groups is 1. The van der Waals surface area contributed by atoms with Crippen LogP contribution >= 0.6 is 7.82 Å². The highest BCUT2D eigenvalue weighted by atomic mass is 31.2. The molecule has 12 heteroatoms. The molecule has 0 aromatic heterocycles. The quantitative estimate of drug-likeness (QED) is 0.559. The minimum absolute atomic E-state index is 0.711. The third kappa shape index (κ3) is 4.90. The van der Waals surface area contributed by atoms with Crippen LogP contribution in [-0.4, -0.2) is 40.3 Å². The van der Waals surface area contributed by atoms with Gasteiger partial charge < -0.3 is 9.79 Å². The Labute approximate surface area is 102 Å². The predicted molar refractivity (Wildman–Crippen MR) is 48.0 cm³/mol. The fourth-order valence-corrected chi connectivity index (χ4v) is 1.63. The molecule has 0 radical (unpaired) electrons. The Balaban J connectivity index is 4.82. The van der Waals surface area contributed by atoms with E-state index in [1.807, 2.05) is 0 Å². The first-order chi connectivity index (χ1) is 8.22. The molecule has 0 aromatic carbocycles. The molecule has 0 fully saturated rings. The summed E-state index contributed by atoms with van der Waals surface area (Å²) in [5, 5.41) is 0. The van der Waals surface area contributed by atoms with Crippen molar-refractivity contribution in [1.29, 1.82) is 0 Å². The van der Waals surface area contributed by atoms with Gasteiger partial charge in [-0.25, -0.2) is 17.7 Å². The maximum Gasteiger partial charge on any atom is 0.469 e. The molecule has 0 aliphatic carbocycles. The third-order valence-electron chi connectivity index (χ3n) is 1.97. The summed E-state index contributed by atoms with van der Waals surface area (Å²) in [6.45, 7) is 0.711. The van der Waals surface area contributed by atoms with Crippen molar-refractivity contribution >= 4 is 7.82 Å². The number of phosphoric ester groups is 1. The van der Waals surface area contributed by atoms with Gasteiger partial charge in [-0.2, -0.15) is 17.6 Å². The normalized spacial score (nSPS) is 17.6. The van der Waals surface area contributed by atoms with Crippen LogP contribution < -0.4 is 0 Å². The summed E-state index contributed by atoms with van der Waals surface area (Å²) < 4.78 is 101. The maximum atomic E-state index is 13.0. The van der Waals surface area contributed by atoms with Crippen molar-refractivity contribution in [2.24, 2.45) is 0 Å². The van der Waals surface area contributed by atoms with Gasteiger partial charge in [0, 0.05) is 6.42 Å². The third-order valence-corrected chi connectivity index (χ3v) is 2.60. The Bertz CT molecular complexity index is 344. The van der Waals surface area contributed by atoms with Gasteiger partial charge in [-0.1, -0.05) is 0 Å². The lowest BCUT2D eigenvalue weighted by atomic mass is 10.0. The molecule has 2 N–H and O–H groups in total. The summed E-state index contributed by atoms with van der Waals surface area (Å²) in [7, 11) is -5.14. The summed E-state index contributed by atoms with van der Waals surface area (Å²) >= 11 is 0. The molecule has 2 unspecified atom stereocenters. The van der Waals surface area contributed by atoms with E-state index in [1.165, 1.54) is 0 Å². The lowest BCUT2D eigenvalue weighted by Gasteiger charge is -2.29. The van der Waals surface area contributed by atoms with Crippen LogP contribution in [0.3, 0.4) is 0 Å². The monoisotopic (exact) mass is 322 g/mol. The second kappa shape index (κ2) is 5.94. The molecule has 0 aliphatic heterocycles. The molecular formula is C7H10F7O4P. The largest absolute Gasteiger partial charge is 0.469 e. The Hall–Kier alpha value is -0.380. The Morgan fingerprint density at radius 2 is 1.53 bits per heavy atom. The van der Waals surface area contributed by atoms with Crippen molar-refractivity contribution in [2.75, 3.05) is 0 Å². The van der Waals surface area contributed by atoms with Crippen LogP contribution in [0.2, 0.25) is 0 Å². The topological polar surface area (TPSA) is 66.8 Å². The van der Waals surface area contributed by atoms with Crippen molar-refractivity contribution in [3.8, 4) is 0 Å². The number of hydrogen-bond donors (Lipinski definition) is 2. The van der Waals surface area contributed by atoms with E-state index in [0.717, 1.165) is 0 Å². The van der Waals surface area contributed by atoms with E-state index in [0.29, 0.717) is 6.92 Å². The van der Waals surface area contributed by atoms with Crippen molar-refractivity contribution in [2.45, 2.75) is 43.9 Å². The fourth-order valence-electron chi connectivity index (χ4n) is 1.07. The minimum Gasteiger partial charge on any atom is -0.303 e. The highest BCUT2D eigenvalue weighted by Crippen LogP contribution is 2.45. The zero-order valence-corrected chi connectivity index (χ0v) is 10.1. The summed E-state index contributed by atoms with van der Waals surface area (Å²) in [6.07, 6.45) is -12.0. The summed E-state index contributed by atoms with van der Waals surface area (Å²) in [5.74, 6) is -11.6. The summed E-state index contributed by atoms with van der Waals surface area (Å²) in [6, 6.07) is 0. The average Bonchev–Trinajstić information content (AvgIpc) is 2.13. The molecule has 19 heavy (non-hydrogen) atoms. The second-order valence-electron chi connectivity index (χ2n) is 3.66. The van der Waals surface area contributed by atoms with Gasteiger partial charge in [0.2, 0.25) is 0 Å². The van der Waals surface area contributed by atoms with E-state index >= 15 is 0 Å². The number of hydrogen-bond acceptors (Lipinski definition) is 2. The van der Waals surface area contributed by atoms with Crippen LogP contribution in [0.15, 0.2) is 0 Å². The van der Waals surface area contributed by atoms with Crippen LogP contribution in [0.5, 0.6) is 0 Å². The lowest BCUT2D eigenvalue weighted by molar-refractivity contribution is -0.287. The first-order valence-corrected chi connectivity index (χ1v) is 6.16. The van der Waals surface area contributed by atoms with Gasteiger partial charge in [0.1, 0.15) is 0 Å². The van der Waals surface area contributed by atoms with Crippen molar-refractivity contribution in [3.05, 3.63) is 0 Å². The molecule has 0 bridgehead atoms. The van der Waals surface area contributed by atoms with Gasteiger partial charge in [0.15, 0.2) is 6.17 Å². The molecule has 0 rings (SSSR count). The number of halogens is 7.